The summed E-state index contributed by atoms with van der Waals surface area (Å²) in [6, 6.07) is 15.7. The van der Waals surface area contributed by atoms with Crippen molar-refractivity contribution in [3.05, 3.63) is 59.7 Å². The van der Waals surface area contributed by atoms with E-state index < -0.39 is 0 Å². The molecule has 142 valence electrons. The molecule has 0 aliphatic rings. The summed E-state index contributed by atoms with van der Waals surface area (Å²) in [5.74, 6) is 1.77. The topological polar surface area (TPSA) is 94.4 Å². The van der Waals surface area contributed by atoms with Crippen molar-refractivity contribution < 1.29 is 9.47 Å². The lowest BCUT2D eigenvalue weighted by atomic mass is 10.1. The predicted molar refractivity (Wildman–Crippen MR) is 108 cm³/mol. The summed E-state index contributed by atoms with van der Waals surface area (Å²) in [5.41, 5.74) is 12.2. The summed E-state index contributed by atoms with van der Waals surface area (Å²) in [7, 11) is 1.50. The summed E-state index contributed by atoms with van der Waals surface area (Å²) >= 11 is 0. The van der Waals surface area contributed by atoms with Crippen molar-refractivity contribution in [2.45, 2.75) is 25.7 Å². The second-order valence-corrected chi connectivity index (χ2v) is 5.65. The van der Waals surface area contributed by atoms with E-state index in [0.29, 0.717) is 13.2 Å². The van der Waals surface area contributed by atoms with Gasteiger partial charge in [0.05, 0.1) is 13.2 Å². The number of ether oxygens (including phenoxy) is 2. The van der Waals surface area contributed by atoms with Crippen LogP contribution in [0.15, 0.2) is 48.5 Å². The molecule has 0 aromatic heterocycles. The zero-order valence-corrected chi connectivity index (χ0v) is 15.6. The van der Waals surface area contributed by atoms with Gasteiger partial charge in [0.15, 0.2) is 0 Å². The van der Waals surface area contributed by atoms with Crippen LogP contribution in [-0.4, -0.2) is 33.0 Å². The van der Waals surface area contributed by atoms with Crippen LogP contribution in [0.2, 0.25) is 0 Å². The molecule has 0 radical (unpaired) electrons. The van der Waals surface area contributed by atoms with Gasteiger partial charge in [-0.05, 0) is 86.8 Å². The van der Waals surface area contributed by atoms with Crippen molar-refractivity contribution in [2.24, 2.45) is 11.5 Å². The molecular formula is C21H31N3O2. The molecule has 5 N–H and O–H groups in total. The fraction of sp³-hybridized carbons (Fsp3) is 0.381. The van der Waals surface area contributed by atoms with Gasteiger partial charge >= 0.3 is 0 Å². The zero-order valence-electron chi connectivity index (χ0n) is 15.6. The predicted octanol–water partition coefficient (Wildman–Crippen LogP) is 3.39. The highest BCUT2D eigenvalue weighted by Gasteiger charge is 1.97. The Labute approximate surface area is 156 Å². The van der Waals surface area contributed by atoms with Gasteiger partial charge in [0.25, 0.3) is 0 Å². The summed E-state index contributed by atoms with van der Waals surface area (Å²) in [5, 5.41) is 7.16. The molecule has 26 heavy (non-hydrogen) atoms. The number of benzene rings is 2. The largest absolute Gasteiger partial charge is 0.494 e. The van der Waals surface area contributed by atoms with Crippen LogP contribution < -0.4 is 20.9 Å². The second-order valence-electron chi connectivity index (χ2n) is 5.65. The lowest BCUT2D eigenvalue weighted by Gasteiger charge is -2.08. The summed E-state index contributed by atoms with van der Waals surface area (Å²) in [4.78, 5) is 0. The molecule has 0 aliphatic carbocycles. The molecule has 2 rings (SSSR count). The number of hydrogen-bond donors (Lipinski definition) is 3. The number of hydrogen-bond acceptors (Lipinski definition) is 5. The van der Waals surface area contributed by atoms with E-state index in [1.807, 2.05) is 36.4 Å². The van der Waals surface area contributed by atoms with E-state index in [1.54, 1.807) is 0 Å². The molecule has 0 fully saturated rings. The Balaban J connectivity index is 0.00000163. The first-order valence-corrected chi connectivity index (χ1v) is 9.04. The first-order chi connectivity index (χ1) is 12.8. The number of nitrogens with one attached hydrogen (secondary N) is 1. The minimum absolute atomic E-state index is 0.676. The Morgan fingerprint density at radius 3 is 1.77 bits per heavy atom. The van der Waals surface area contributed by atoms with Gasteiger partial charge in [-0.3, -0.25) is 0 Å². The average molecular weight is 357 g/mol. The van der Waals surface area contributed by atoms with Crippen molar-refractivity contribution in [1.29, 1.82) is 5.41 Å². The third kappa shape index (κ3) is 8.65. The van der Waals surface area contributed by atoms with E-state index in [0.717, 1.165) is 49.4 Å². The lowest BCUT2D eigenvalue weighted by Crippen LogP contribution is -2.03. The maximum atomic E-state index is 7.16. The summed E-state index contributed by atoms with van der Waals surface area (Å²) in [6.45, 7) is 2.11. The lowest BCUT2D eigenvalue weighted by molar-refractivity contribution is 0.279. The molecule has 0 saturated heterocycles. The first kappa shape index (κ1) is 21.7. The van der Waals surface area contributed by atoms with Gasteiger partial charge in [0.1, 0.15) is 11.5 Å². The molecule has 0 spiro atoms. The van der Waals surface area contributed by atoms with Gasteiger partial charge in [-0.1, -0.05) is 12.1 Å². The van der Waals surface area contributed by atoms with Crippen LogP contribution in [-0.2, 0) is 6.42 Å². The maximum Gasteiger partial charge on any atom is 0.119 e. The van der Waals surface area contributed by atoms with E-state index in [4.69, 9.17) is 20.6 Å². The Kier molecular flexibility index (Phi) is 11.6. The van der Waals surface area contributed by atoms with Crippen molar-refractivity contribution in [3.63, 3.8) is 0 Å². The van der Waals surface area contributed by atoms with Crippen LogP contribution in [0.4, 0.5) is 0 Å². The Hall–Kier alpha value is -2.37. The number of nitrogens with two attached hydrogens (primary N) is 2. The standard InChI is InChI=1S/C20H26N2O2.CH5N/c21-13-12-17-4-8-19(9-5-17)23-14-2-1-3-15-24-20-10-6-18(16-22)7-11-20;1-2/h4-11,16,22H,1-3,12-15,21H2;2H2,1H3. The minimum atomic E-state index is 0.676. The van der Waals surface area contributed by atoms with Crippen molar-refractivity contribution in [3.8, 4) is 11.5 Å². The van der Waals surface area contributed by atoms with Crippen LogP contribution in [0.1, 0.15) is 30.4 Å². The summed E-state index contributed by atoms with van der Waals surface area (Å²) in [6.07, 6.45) is 5.33. The monoisotopic (exact) mass is 357 g/mol. The number of rotatable bonds is 11. The van der Waals surface area contributed by atoms with E-state index in [9.17, 15) is 0 Å². The first-order valence-electron chi connectivity index (χ1n) is 9.04. The average Bonchev–Trinajstić information content (AvgIpc) is 2.71. The van der Waals surface area contributed by atoms with E-state index in [1.165, 1.54) is 18.8 Å². The molecule has 0 atom stereocenters. The molecule has 5 nitrogen and oxygen atoms in total. The third-order valence-electron chi connectivity index (χ3n) is 3.73. The highest BCUT2D eigenvalue weighted by atomic mass is 16.5. The zero-order chi connectivity index (χ0) is 19.0. The van der Waals surface area contributed by atoms with Crippen molar-refractivity contribution >= 4 is 6.21 Å². The fourth-order valence-electron chi connectivity index (χ4n) is 2.34. The highest BCUT2D eigenvalue weighted by molar-refractivity contribution is 5.76. The van der Waals surface area contributed by atoms with Gasteiger partial charge in [-0.25, -0.2) is 0 Å². The SMILES string of the molecule is CN.N=Cc1ccc(OCCCCCOc2ccc(CCN)cc2)cc1. The molecule has 2 aromatic rings. The molecule has 0 aliphatic heterocycles. The Morgan fingerprint density at radius 2 is 1.31 bits per heavy atom. The van der Waals surface area contributed by atoms with Crippen LogP contribution >= 0.6 is 0 Å². The van der Waals surface area contributed by atoms with E-state index in [-0.39, 0.29) is 0 Å². The molecule has 0 amide bonds. The quantitative estimate of drug-likeness (QED) is 0.424. The van der Waals surface area contributed by atoms with Crippen LogP contribution in [0.3, 0.4) is 0 Å². The normalized spacial score (nSPS) is 9.81. The van der Waals surface area contributed by atoms with Crippen LogP contribution in [0.5, 0.6) is 11.5 Å². The van der Waals surface area contributed by atoms with Gasteiger partial charge in [-0.15, -0.1) is 0 Å². The maximum absolute atomic E-state index is 7.16. The van der Waals surface area contributed by atoms with E-state index >= 15 is 0 Å². The Morgan fingerprint density at radius 1 is 0.808 bits per heavy atom. The second kappa shape index (κ2) is 13.9. The van der Waals surface area contributed by atoms with Crippen LogP contribution in [0, 0.1) is 5.41 Å². The van der Waals surface area contributed by atoms with Crippen molar-refractivity contribution in [1.82, 2.24) is 0 Å². The fourth-order valence-corrected chi connectivity index (χ4v) is 2.34. The number of unbranched alkanes of at least 4 members (excludes halogenated alkanes) is 2. The van der Waals surface area contributed by atoms with Crippen LogP contribution in [0.25, 0.3) is 0 Å². The van der Waals surface area contributed by atoms with Gasteiger partial charge in [-0.2, -0.15) is 0 Å². The van der Waals surface area contributed by atoms with Gasteiger partial charge < -0.3 is 26.4 Å². The van der Waals surface area contributed by atoms with Gasteiger partial charge in [0, 0.05) is 6.21 Å². The molecular weight excluding hydrogens is 326 g/mol. The smallest absolute Gasteiger partial charge is 0.119 e. The highest BCUT2D eigenvalue weighted by Crippen LogP contribution is 2.14. The minimum Gasteiger partial charge on any atom is -0.494 e. The molecule has 0 bridgehead atoms. The van der Waals surface area contributed by atoms with E-state index in [2.05, 4.69) is 17.9 Å². The molecule has 2 aromatic carbocycles. The Bertz CT molecular complexity index is 598. The molecule has 0 unspecified atom stereocenters. The third-order valence-corrected chi connectivity index (χ3v) is 3.73. The molecule has 0 heterocycles. The molecule has 5 heteroatoms. The van der Waals surface area contributed by atoms with Crippen molar-refractivity contribution in [2.75, 3.05) is 26.8 Å². The molecule has 0 saturated carbocycles. The summed E-state index contributed by atoms with van der Waals surface area (Å²) < 4.78 is 11.4. The van der Waals surface area contributed by atoms with Gasteiger partial charge in [0.2, 0.25) is 0 Å².